The molecule has 0 aliphatic carbocycles. The van der Waals surface area contributed by atoms with Crippen molar-refractivity contribution in [1.29, 1.82) is 5.26 Å². The minimum Gasteiger partial charge on any atom is -0.310 e. The Morgan fingerprint density at radius 1 is 1.17 bits per heavy atom. The Hall–Kier alpha value is -2.34. The van der Waals surface area contributed by atoms with Crippen molar-refractivity contribution in [3.05, 3.63) is 42.5 Å². The maximum Gasteiger partial charge on any atom is 0.228 e. The van der Waals surface area contributed by atoms with Crippen molar-refractivity contribution in [2.24, 2.45) is 5.92 Å². The van der Waals surface area contributed by atoms with Crippen molar-refractivity contribution < 1.29 is 4.79 Å². The molecule has 3 rings (SSSR count). The van der Waals surface area contributed by atoms with Crippen LogP contribution in [0.5, 0.6) is 0 Å². The van der Waals surface area contributed by atoms with Gasteiger partial charge in [0.2, 0.25) is 5.91 Å². The zero-order valence-electron chi connectivity index (χ0n) is 9.84. The van der Waals surface area contributed by atoms with Crippen LogP contribution >= 0.6 is 0 Å². The van der Waals surface area contributed by atoms with E-state index >= 15 is 0 Å². The quantitative estimate of drug-likeness (QED) is 0.764. The molecule has 1 amide bonds. The second-order valence-corrected chi connectivity index (χ2v) is 4.53. The summed E-state index contributed by atoms with van der Waals surface area (Å²) in [5.74, 6) is -0.144. The lowest BCUT2D eigenvalue weighted by Gasteiger charge is -2.18. The van der Waals surface area contributed by atoms with Crippen LogP contribution < -0.4 is 4.90 Å². The number of nitrogens with zero attached hydrogens (tertiary/aromatic N) is 2. The molecule has 1 heterocycles. The van der Waals surface area contributed by atoms with Crippen LogP contribution in [0.15, 0.2) is 42.5 Å². The fourth-order valence-corrected chi connectivity index (χ4v) is 2.47. The number of fused-ring (bicyclic) bond motifs is 1. The first kappa shape index (κ1) is 10.8. The minimum absolute atomic E-state index is 0.0397. The monoisotopic (exact) mass is 236 g/mol. The van der Waals surface area contributed by atoms with Crippen molar-refractivity contribution >= 4 is 22.4 Å². The van der Waals surface area contributed by atoms with E-state index in [0.717, 1.165) is 16.5 Å². The topological polar surface area (TPSA) is 44.1 Å². The standard InChI is InChI=1S/C15H12N2O/c16-9-11-8-15(18)17(10-11)14-7-3-5-12-4-1-2-6-13(12)14/h1-7,11H,8,10H2. The summed E-state index contributed by atoms with van der Waals surface area (Å²) in [6, 6.07) is 16.1. The third kappa shape index (κ3) is 1.63. The molecular weight excluding hydrogens is 224 g/mol. The van der Waals surface area contributed by atoms with E-state index in [1.54, 1.807) is 4.90 Å². The highest BCUT2D eigenvalue weighted by Gasteiger charge is 2.31. The molecule has 1 unspecified atom stereocenters. The lowest BCUT2D eigenvalue weighted by atomic mass is 10.1. The second-order valence-electron chi connectivity index (χ2n) is 4.53. The van der Waals surface area contributed by atoms with E-state index in [0.29, 0.717) is 13.0 Å². The van der Waals surface area contributed by atoms with Gasteiger partial charge >= 0.3 is 0 Å². The highest BCUT2D eigenvalue weighted by atomic mass is 16.2. The summed E-state index contributed by atoms with van der Waals surface area (Å²) < 4.78 is 0. The molecule has 1 saturated heterocycles. The molecule has 0 saturated carbocycles. The fraction of sp³-hybridized carbons (Fsp3) is 0.200. The van der Waals surface area contributed by atoms with Crippen LogP contribution in [0.1, 0.15) is 6.42 Å². The molecule has 0 radical (unpaired) electrons. The fourth-order valence-electron chi connectivity index (χ4n) is 2.47. The van der Waals surface area contributed by atoms with Crippen LogP contribution in [0.3, 0.4) is 0 Å². The van der Waals surface area contributed by atoms with E-state index in [9.17, 15) is 4.79 Å². The van der Waals surface area contributed by atoms with E-state index in [1.807, 2.05) is 42.5 Å². The first-order valence-corrected chi connectivity index (χ1v) is 5.97. The average molecular weight is 236 g/mol. The maximum atomic E-state index is 12.0. The van der Waals surface area contributed by atoms with Gasteiger partial charge < -0.3 is 4.90 Å². The molecular formula is C15H12N2O. The molecule has 3 nitrogen and oxygen atoms in total. The highest BCUT2D eigenvalue weighted by molar-refractivity contribution is 6.05. The number of carbonyl (C=O) groups is 1. The van der Waals surface area contributed by atoms with E-state index in [1.165, 1.54) is 0 Å². The zero-order valence-corrected chi connectivity index (χ0v) is 9.84. The summed E-state index contributed by atoms with van der Waals surface area (Å²) in [5, 5.41) is 11.1. The minimum atomic E-state index is -0.184. The number of hydrogen-bond donors (Lipinski definition) is 0. The van der Waals surface area contributed by atoms with Gasteiger partial charge in [-0.3, -0.25) is 4.79 Å². The molecule has 18 heavy (non-hydrogen) atoms. The van der Waals surface area contributed by atoms with E-state index in [4.69, 9.17) is 5.26 Å². The van der Waals surface area contributed by atoms with Crippen LogP contribution in [0.4, 0.5) is 5.69 Å². The molecule has 88 valence electrons. The summed E-state index contributed by atoms with van der Waals surface area (Å²) in [4.78, 5) is 13.7. The van der Waals surface area contributed by atoms with Crippen LogP contribution in [0, 0.1) is 17.2 Å². The van der Waals surface area contributed by atoms with Gasteiger partial charge in [-0.2, -0.15) is 5.26 Å². The number of carbonyl (C=O) groups excluding carboxylic acids is 1. The molecule has 2 aromatic rings. The number of amides is 1. The van der Waals surface area contributed by atoms with Crippen molar-refractivity contribution in [2.45, 2.75) is 6.42 Å². The van der Waals surface area contributed by atoms with Crippen LogP contribution in [0.25, 0.3) is 10.8 Å². The molecule has 1 fully saturated rings. The number of rotatable bonds is 1. The normalized spacial score (nSPS) is 19.2. The number of nitriles is 1. The van der Waals surface area contributed by atoms with Crippen molar-refractivity contribution in [3.8, 4) is 6.07 Å². The second kappa shape index (κ2) is 4.15. The number of benzene rings is 2. The molecule has 3 heteroatoms. The Bertz CT molecular complexity index is 652. The first-order chi connectivity index (χ1) is 8.79. The smallest absolute Gasteiger partial charge is 0.228 e. The summed E-state index contributed by atoms with van der Waals surface area (Å²) in [7, 11) is 0. The first-order valence-electron chi connectivity index (χ1n) is 5.97. The molecule has 0 spiro atoms. The van der Waals surface area contributed by atoms with Gasteiger partial charge in [-0.05, 0) is 11.5 Å². The van der Waals surface area contributed by atoms with Crippen molar-refractivity contribution in [3.63, 3.8) is 0 Å². The van der Waals surface area contributed by atoms with Crippen molar-refractivity contribution in [1.82, 2.24) is 0 Å². The van der Waals surface area contributed by atoms with Crippen LogP contribution in [-0.2, 0) is 4.79 Å². The van der Waals surface area contributed by atoms with E-state index in [2.05, 4.69) is 6.07 Å². The number of anilines is 1. The van der Waals surface area contributed by atoms with Gasteiger partial charge in [0, 0.05) is 18.4 Å². The van der Waals surface area contributed by atoms with Gasteiger partial charge in [0.15, 0.2) is 0 Å². The summed E-state index contributed by atoms with van der Waals surface area (Å²) in [6.45, 7) is 0.503. The Balaban J connectivity index is 2.10. The van der Waals surface area contributed by atoms with Crippen molar-refractivity contribution in [2.75, 3.05) is 11.4 Å². The third-order valence-electron chi connectivity index (χ3n) is 3.37. The molecule has 0 aromatic heterocycles. The van der Waals surface area contributed by atoms with Crippen LogP contribution in [0.2, 0.25) is 0 Å². The third-order valence-corrected chi connectivity index (χ3v) is 3.37. The Kier molecular flexibility index (Phi) is 2.49. The Morgan fingerprint density at radius 2 is 1.94 bits per heavy atom. The summed E-state index contributed by atoms with van der Waals surface area (Å²) in [6.07, 6.45) is 0.333. The van der Waals surface area contributed by atoms with E-state index < -0.39 is 0 Å². The predicted molar refractivity (Wildman–Crippen MR) is 70.0 cm³/mol. The molecule has 1 atom stereocenters. The molecule has 0 bridgehead atoms. The van der Waals surface area contributed by atoms with Gasteiger partial charge in [-0.1, -0.05) is 36.4 Å². The molecule has 2 aromatic carbocycles. The summed E-state index contributed by atoms with van der Waals surface area (Å²) in [5.41, 5.74) is 0.913. The highest BCUT2D eigenvalue weighted by Crippen LogP contribution is 2.31. The SMILES string of the molecule is N#CC1CC(=O)N(c2cccc3ccccc23)C1. The van der Waals surface area contributed by atoms with Gasteiger partial charge in [-0.15, -0.1) is 0 Å². The summed E-state index contributed by atoms with van der Waals surface area (Å²) >= 11 is 0. The zero-order chi connectivity index (χ0) is 12.5. The van der Waals surface area contributed by atoms with Crippen LogP contribution in [-0.4, -0.2) is 12.5 Å². The maximum absolute atomic E-state index is 12.0. The van der Waals surface area contributed by atoms with Gasteiger partial charge in [-0.25, -0.2) is 0 Å². The number of hydrogen-bond acceptors (Lipinski definition) is 2. The molecule has 1 aliphatic rings. The van der Waals surface area contributed by atoms with Gasteiger partial charge in [0.25, 0.3) is 0 Å². The van der Waals surface area contributed by atoms with Gasteiger partial charge in [0.05, 0.1) is 17.7 Å². The van der Waals surface area contributed by atoms with E-state index in [-0.39, 0.29) is 11.8 Å². The Morgan fingerprint density at radius 3 is 2.72 bits per heavy atom. The predicted octanol–water partition coefficient (Wildman–Crippen LogP) is 2.72. The van der Waals surface area contributed by atoms with Gasteiger partial charge in [0.1, 0.15) is 0 Å². The lowest BCUT2D eigenvalue weighted by molar-refractivity contribution is -0.117. The molecule has 0 N–H and O–H groups in total. The largest absolute Gasteiger partial charge is 0.310 e. The molecule has 1 aliphatic heterocycles. The Labute approximate surface area is 105 Å². The average Bonchev–Trinajstić information content (AvgIpc) is 2.79. The lowest BCUT2D eigenvalue weighted by Crippen LogP contribution is -2.24.